The molecule has 0 radical (unpaired) electrons. The van der Waals surface area contributed by atoms with E-state index >= 15 is 0 Å². The number of fused-ring (bicyclic) bond motifs is 1. The molecule has 0 saturated carbocycles. The number of hydrogen-bond donors (Lipinski definition) is 0. The van der Waals surface area contributed by atoms with Gasteiger partial charge in [-0.3, -0.25) is 9.69 Å². The van der Waals surface area contributed by atoms with Crippen LogP contribution in [0.1, 0.15) is 15.2 Å². The number of halogens is 1. The summed E-state index contributed by atoms with van der Waals surface area (Å²) < 4.78 is 10.6. The number of hydrogen-bond acceptors (Lipinski definition) is 5. The van der Waals surface area contributed by atoms with Gasteiger partial charge in [0.2, 0.25) is 6.79 Å². The Morgan fingerprint density at radius 1 is 1.21 bits per heavy atom. The van der Waals surface area contributed by atoms with Gasteiger partial charge in [-0.1, -0.05) is 17.7 Å². The Labute approximate surface area is 149 Å². The average molecular weight is 365 g/mol. The first-order chi connectivity index (χ1) is 11.7. The number of rotatable bonds is 3. The normalized spacial score (nSPS) is 17.3. The average Bonchev–Trinajstić information content (AvgIpc) is 3.26. The van der Waals surface area contributed by atoms with Gasteiger partial charge in [-0.2, -0.15) is 0 Å². The lowest BCUT2D eigenvalue weighted by Gasteiger charge is -2.34. The topological polar surface area (TPSA) is 42.0 Å². The number of carbonyl (C=O) groups is 1. The number of carbonyl (C=O) groups excluding carboxylic acids is 1. The van der Waals surface area contributed by atoms with E-state index < -0.39 is 0 Å². The minimum atomic E-state index is -0.00836. The molecule has 4 rings (SSSR count). The smallest absolute Gasteiger partial charge is 0.254 e. The molecule has 7 heteroatoms. The highest BCUT2D eigenvalue weighted by atomic mass is 35.5. The molecule has 0 aliphatic carbocycles. The number of benzene rings is 1. The quantitative estimate of drug-likeness (QED) is 0.839. The molecular formula is C17H17ClN2O3S. The summed E-state index contributed by atoms with van der Waals surface area (Å²) in [6.07, 6.45) is 0. The van der Waals surface area contributed by atoms with Gasteiger partial charge >= 0.3 is 0 Å². The monoisotopic (exact) mass is 364 g/mol. The highest BCUT2D eigenvalue weighted by Gasteiger charge is 2.26. The molecule has 1 fully saturated rings. The SMILES string of the molecule is O=C(c1cc(Cl)c2c(c1)OCO2)N1CCN(Cc2cccs2)CC1. The van der Waals surface area contributed by atoms with Crippen molar-refractivity contribution in [2.24, 2.45) is 0 Å². The van der Waals surface area contributed by atoms with Gasteiger partial charge in [-0.25, -0.2) is 0 Å². The van der Waals surface area contributed by atoms with Gasteiger partial charge in [-0.05, 0) is 23.6 Å². The summed E-state index contributed by atoms with van der Waals surface area (Å²) in [7, 11) is 0. The van der Waals surface area contributed by atoms with Crippen molar-refractivity contribution in [3.05, 3.63) is 45.1 Å². The molecule has 24 heavy (non-hydrogen) atoms. The molecule has 1 saturated heterocycles. The summed E-state index contributed by atoms with van der Waals surface area (Å²) in [5, 5.41) is 2.52. The second kappa shape index (κ2) is 6.63. The fourth-order valence-corrected chi connectivity index (χ4v) is 4.02. The van der Waals surface area contributed by atoms with E-state index in [0.29, 0.717) is 22.1 Å². The summed E-state index contributed by atoms with van der Waals surface area (Å²) in [5.74, 6) is 1.06. The van der Waals surface area contributed by atoms with E-state index in [-0.39, 0.29) is 12.7 Å². The van der Waals surface area contributed by atoms with Crippen molar-refractivity contribution in [3.8, 4) is 11.5 Å². The van der Waals surface area contributed by atoms with E-state index in [0.717, 1.165) is 32.7 Å². The van der Waals surface area contributed by atoms with Crippen LogP contribution >= 0.6 is 22.9 Å². The molecule has 1 amide bonds. The Balaban J connectivity index is 1.40. The van der Waals surface area contributed by atoms with Crippen molar-refractivity contribution in [3.63, 3.8) is 0 Å². The summed E-state index contributed by atoms with van der Waals surface area (Å²) in [6, 6.07) is 7.60. The van der Waals surface area contributed by atoms with Crippen molar-refractivity contribution in [1.82, 2.24) is 9.80 Å². The lowest BCUT2D eigenvalue weighted by atomic mass is 10.1. The third-order valence-corrected chi connectivity index (χ3v) is 5.44. The minimum absolute atomic E-state index is 0.00836. The van der Waals surface area contributed by atoms with Crippen LogP contribution in [0.2, 0.25) is 5.02 Å². The molecule has 0 N–H and O–H groups in total. The summed E-state index contributed by atoms with van der Waals surface area (Å²) in [6.45, 7) is 4.29. The maximum absolute atomic E-state index is 12.7. The lowest BCUT2D eigenvalue weighted by Crippen LogP contribution is -2.48. The van der Waals surface area contributed by atoms with Crippen molar-refractivity contribution in [1.29, 1.82) is 0 Å². The van der Waals surface area contributed by atoms with E-state index in [9.17, 15) is 4.79 Å². The summed E-state index contributed by atoms with van der Waals surface area (Å²) in [5.41, 5.74) is 0.552. The molecule has 1 aromatic carbocycles. The van der Waals surface area contributed by atoms with E-state index in [1.54, 1.807) is 23.5 Å². The predicted octanol–water partition coefficient (Wildman–Crippen LogP) is 3.09. The van der Waals surface area contributed by atoms with Crippen LogP contribution < -0.4 is 9.47 Å². The molecule has 0 unspecified atom stereocenters. The van der Waals surface area contributed by atoms with Crippen LogP contribution in [0.3, 0.4) is 0 Å². The van der Waals surface area contributed by atoms with Gasteiger partial charge < -0.3 is 14.4 Å². The van der Waals surface area contributed by atoms with E-state index in [4.69, 9.17) is 21.1 Å². The van der Waals surface area contributed by atoms with Crippen LogP contribution in [0, 0.1) is 0 Å². The maximum Gasteiger partial charge on any atom is 0.254 e. The van der Waals surface area contributed by atoms with Crippen molar-refractivity contribution < 1.29 is 14.3 Å². The van der Waals surface area contributed by atoms with Crippen molar-refractivity contribution in [2.45, 2.75) is 6.54 Å². The predicted molar refractivity (Wildman–Crippen MR) is 93.1 cm³/mol. The van der Waals surface area contributed by atoms with E-state index in [1.165, 1.54) is 4.88 Å². The maximum atomic E-state index is 12.7. The first kappa shape index (κ1) is 15.7. The molecule has 3 heterocycles. The highest BCUT2D eigenvalue weighted by molar-refractivity contribution is 7.09. The highest BCUT2D eigenvalue weighted by Crippen LogP contribution is 2.40. The fourth-order valence-electron chi connectivity index (χ4n) is 3.01. The first-order valence-electron chi connectivity index (χ1n) is 7.84. The molecule has 0 atom stereocenters. The Morgan fingerprint density at radius 2 is 2.04 bits per heavy atom. The lowest BCUT2D eigenvalue weighted by molar-refractivity contribution is 0.0629. The van der Waals surface area contributed by atoms with Gasteiger partial charge in [0.25, 0.3) is 5.91 Å². The van der Waals surface area contributed by atoms with Crippen LogP contribution in [-0.2, 0) is 6.54 Å². The van der Waals surface area contributed by atoms with E-state index in [1.807, 2.05) is 4.90 Å². The van der Waals surface area contributed by atoms with Gasteiger partial charge in [-0.15, -0.1) is 11.3 Å². The molecular weight excluding hydrogens is 348 g/mol. The molecule has 2 aliphatic rings. The zero-order valence-corrected chi connectivity index (χ0v) is 14.6. The second-order valence-corrected chi connectivity index (χ2v) is 7.28. The van der Waals surface area contributed by atoms with Gasteiger partial charge in [0, 0.05) is 43.2 Å². The van der Waals surface area contributed by atoms with Crippen LogP contribution in [0.5, 0.6) is 11.5 Å². The third-order valence-electron chi connectivity index (χ3n) is 4.29. The van der Waals surface area contributed by atoms with Crippen LogP contribution in [0.15, 0.2) is 29.6 Å². The fraction of sp³-hybridized carbons (Fsp3) is 0.353. The Hall–Kier alpha value is -1.76. The zero-order valence-electron chi connectivity index (χ0n) is 13.0. The largest absolute Gasteiger partial charge is 0.454 e. The van der Waals surface area contributed by atoms with Crippen LogP contribution in [0.4, 0.5) is 0 Å². The molecule has 0 spiro atoms. The first-order valence-corrected chi connectivity index (χ1v) is 9.09. The molecule has 2 aromatic rings. The number of piperazine rings is 1. The van der Waals surface area contributed by atoms with E-state index in [2.05, 4.69) is 22.4 Å². The van der Waals surface area contributed by atoms with Crippen molar-refractivity contribution >= 4 is 28.8 Å². The molecule has 5 nitrogen and oxygen atoms in total. The Morgan fingerprint density at radius 3 is 2.79 bits per heavy atom. The number of nitrogens with zero attached hydrogens (tertiary/aromatic N) is 2. The number of thiophene rings is 1. The van der Waals surface area contributed by atoms with Gasteiger partial charge in [0.05, 0.1) is 5.02 Å². The molecule has 2 aliphatic heterocycles. The minimum Gasteiger partial charge on any atom is -0.454 e. The number of ether oxygens (including phenoxy) is 2. The van der Waals surface area contributed by atoms with Crippen molar-refractivity contribution in [2.75, 3.05) is 33.0 Å². The molecule has 0 bridgehead atoms. The Bertz CT molecular complexity index is 743. The van der Waals surface area contributed by atoms with Gasteiger partial charge in [0.15, 0.2) is 11.5 Å². The third kappa shape index (κ3) is 3.09. The van der Waals surface area contributed by atoms with Gasteiger partial charge in [0.1, 0.15) is 0 Å². The standard InChI is InChI=1S/C17H17ClN2O3S/c18-14-8-12(9-15-16(14)23-11-22-15)17(21)20-5-3-19(4-6-20)10-13-2-1-7-24-13/h1-2,7-9H,3-6,10-11H2. The Kier molecular flexibility index (Phi) is 4.35. The number of amides is 1. The molecule has 1 aromatic heterocycles. The summed E-state index contributed by atoms with van der Waals surface area (Å²) >= 11 is 7.95. The second-order valence-electron chi connectivity index (χ2n) is 5.84. The summed E-state index contributed by atoms with van der Waals surface area (Å²) in [4.78, 5) is 18.3. The van der Waals surface area contributed by atoms with Crippen LogP contribution in [-0.4, -0.2) is 48.7 Å². The zero-order chi connectivity index (χ0) is 16.5. The van der Waals surface area contributed by atoms with Crippen LogP contribution in [0.25, 0.3) is 0 Å². The molecule has 126 valence electrons.